The first-order chi connectivity index (χ1) is 10.4. The lowest BCUT2D eigenvalue weighted by Gasteiger charge is -2.10. The van der Waals surface area contributed by atoms with Crippen LogP contribution < -0.4 is 15.4 Å². The van der Waals surface area contributed by atoms with Gasteiger partial charge in [-0.2, -0.15) is 0 Å². The molecule has 5 nitrogen and oxygen atoms in total. The zero-order chi connectivity index (χ0) is 16.1. The molecule has 0 radical (unpaired) electrons. The molecule has 0 atom stereocenters. The van der Waals surface area contributed by atoms with E-state index < -0.39 is 5.97 Å². The monoisotopic (exact) mass is 298 g/mol. The van der Waals surface area contributed by atoms with E-state index in [0.717, 1.165) is 16.8 Å². The lowest BCUT2D eigenvalue weighted by atomic mass is 10.1. The average Bonchev–Trinajstić information content (AvgIpc) is 2.36. The lowest BCUT2D eigenvalue weighted by molar-refractivity contribution is -0.131. The molecule has 0 saturated carbocycles. The Morgan fingerprint density at radius 1 is 0.909 bits per heavy atom. The second-order valence-electron chi connectivity index (χ2n) is 5.08. The van der Waals surface area contributed by atoms with Gasteiger partial charge >= 0.3 is 12.0 Å². The van der Waals surface area contributed by atoms with E-state index in [0.29, 0.717) is 11.4 Å². The largest absolute Gasteiger partial charge is 0.427 e. The van der Waals surface area contributed by atoms with Crippen LogP contribution in [0, 0.1) is 13.8 Å². The molecule has 0 fully saturated rings. The minimum absolute atomic E-state index is 0.357. The van der Waals surface area contributed by atoms with E-state index in [2.05, 4.69) is 10.6 Å². The lowest BCUT2D eigenvalue weighted by Crippen LogP contribution is -2.19. The molecule has 5 heteroatoms. The highest BCUT2D eigenvalue weighted by molar-refractivity contribution is 6.00. The van der Waals surface area contributed by atoms with Crippen molar-refractivity contribution in [2.45, 2.75) is 20.8 Å². The molecule has 0 spiro atoms. The Balaban J connectivity index is 2.04. The number of hydrogen-bond acceptors (Lipinski definition) is 3. The van der Waals surface area contributed by atoms with E-state index >= 15 is 0 Å². The molecule has 114 valence electrons. The van der Waals surface area contributed by atoms with Crippen molar-refractivity contribution in [2.24, 2.45) is 0 Å². The first-order valence-corrected chi connectivity index (χ1v) is 6.87. The van der Waals surface area contributed by atoms with Crippen LogP contribution in [0.25, 0.3) is 0 Å². The topological polar surface area (TPSA) is 67.4 Å². The number of carbonyl (C=O) groups is 2. The summed E-state index contributed by atoms with van der Waals surface area (Å²) in [5.41, 5.74) is 3.42. The summed E-state index contributed by atoms with van der Waals surface area (Å²) in [6, 6.07) is 12.1. The van der Waals surface area contributed by atoms with Gasteiger partial charge in [0.2, 0.25) is 0 Å². The summed E-state index contributed by atoms with van der Waals surface area (Å²) in [6.07, 6.45) is 0. The van der Waals surface area contributed by atoms with Gasteiger partial charge in [-0.15, -0.1) is 0 Å². The fourth-order valence-electron chi connectivity index (χ4n) is 2.14. The van der Waals surface area contributed by atoms with E-state index in [1.807, 2.05) is 32.0 Å². The molecule has 0 aromatic heterocycles. The molecule has 2 rings (SSSR count). The van der Waals surface area contributed by atoms with Gasteiger partial charge in [-0.1, -0.05) is 12.1 Å². The molecular weight excluding hydrogens is 280 g/mol. The number of urea groups is 1. The van der Waals surface area contributed by atoms with Gasteiger partial charge in [0.1, 0.15) is 5.75 Å². The van der Waals surface area contributed by atoms with Crippen LogP contribution in [-0.4, -0.2) is 12.0 Å². The van der Waals surface area contributed by atoms with Crippen molar-refractivity contribution in [2.75, 3.05) is 10.6 Å². The van der Waals surface area contributed by atoms with E-state index in [9.17, 15) is 9.59 Å². The number of carbonyl (C=O) groups excluding carboxylic acids is 2. The third kappa shape index (κ3) is 4.63. The minimum atomic E-state index is -0.406. The zero-order valence-electron chi connectivity index (χ0n) is 12.8. The molecule has 2 aromatic carbocycles. The zero-order valence-corrected chi connectivity index (χ0v) is 12.8. The molecule has 0 aliphatic carbocycles. The van der Waals surface area contributed by atoms with Crippen LogP contribution in [-0.2, 0) is 4.79 Å². The summed E-state index contributed by atoms with van der Waals surface area (Å²) >= 11 is 0. The van der Waals surface area contributed by atoms with Gasteiger partial charge in [0.05, 0.1) is 0 Å². The van der Waals surface area contributed by atoms with E-state index in [-0.39, 0.29) is 6.03 Å². The van der Waals surface area contributed by atoms with E-state index in [1.54, 1.807) is 24.3 Å². The molecule has 0 aliphatic rings. The highest BCUT2D eigenvalue weighted by Crippen LogP contribution is 2.18. The molecule has 22 heavy (non-hydrogen) atoms. The summed E-state index contributed by atoms with van der Waals surface area (Å²) in [6.45, 7) is 5.27. The number of amides is 2. The fourth-order valence-corrected chi connectivity index (χ4v) is 2.14. The number of aryl methyl sites for hydroxylation is 2. The van der Waals surface area contributed by atoms with Crippen LogP contribution >= 0.6 is 0 Å². The fraction of sp³-hybridized carbons (Fsp3) is 0.176. The molecule has 0 unspecified atom stereocenters. The van der Waals surface area contributed by atoms with Crippen molar-refractivity contribution >= 4 is 23.4 Å². The number of esters is 1. The van der Waals surface area contributed by atoms with Gasteiger partial charge in [-0.05, 0) is 49.2 Å². The highest BCUT2D eigenvalue weighted by atomic mass is 16.5. The molecule has 0 aliphatic heterocycles. The predicted octanol–water partition coefficient (Wildman–Crippen LogP) is 3.87. The normalized spacial score (nSPS) is 9.95. The Kier molecular flexibility index (Phi) is 4.78. The van der Waals surface area contributed by atoms with Gasteiger partial charge in [-0.3, -0.25) is 4.79 Å². The maximum Gasteiger partial charge on any atom is 0.323 e. The van der Waals surface area contributed by atoms with Crippen molar-refractivity contribution in [3.05, 3.63) is 53.6 Å². The van der Waals surface area contributed by atoms with Crippen molar-refractivity contribution in [3.8, 4) is 5.75 Å². The van der Waals surface area contributed by atoms with Crippen LogP contribution in [0.2, 0.25) is 0 Å². The number of hydrogen-bond donors (Lipinski definition) is 2. The van der Waals surface area contributed by atoms with Crippen molar-refractivity contribution in [1.82, 2.24) is 0 Å². The summed E-state index contributed by atoms with van der Waals surface area (Å²) in [5.74, 6) is -0.0199. The Morgan fingerprint density at radius 3 is 2.18 bits per heavy atom. The average molecular weight is 298 g/mol. The van der Waals surface area contributed by atoms with E-state index in [1.165, 1.54) is 6.92 Å². The predicted molar refractivity (Wildman–Crippen MR) is 86.3 cm³/mol. The second-order valence-corrected chi connectivity index (χ2v) is 5.08. The van der Waals surface area contributed by atoms with Crippen LogP contribution in [0.5, 0.6) is 5.75 Å². The summed E-state index contributed by atoms with van der Waals surface area (Å²) < 4.78 is 4.98. The van der Waals surface area contributed by atoms with E-state index in [4.69, 9.17) is 4.74 Å². The first-order valence-electron chi connectivity index (χ1n) is 6.87. The van der Waals surface area contributed by atoms with Gasteiger partial charge in [0.15, 0.2) is 0 Å². The SMILES string of the molecule is CC(=O)Oc1cccc(NC(=O)Nc2cc(C)cc(C)c2)c1. The number of rotatable bonds is 3. The number of nitrogens with one attached hydrogen (secondary N) is 2. The molecule has 0 saturated heterocycles. The summed E-state index contributed by atoms with van der Waals surface area (Å²) in [7, 11) is 0. The Bertz CT molecular complexity index is 691. The van der Waals surface area contributed by atoms with Crippen molar-refractivity contribution in [3.63, 3.8) is 0 Å². The molecule has 2 amide bonds. The number of ether oxygens (including phenoxy) is 1. The van der Waals surface area contributed by atoms with Crippen molar-refractivity contribution in [1.29, 1.82) is 0 Å². The molecular formula is C17H18N2O3. The van der Waals surface area contributed by atoms with Gasteiger partial charge in [0, 0.05) is 24.4 Å². The maximum atomic E-state index is 12.0. The Hall–Kier alpha value is -2.82. The molecule has 0 bridgehead atoms. The third-order valence-corrected chi connectivity index (χ3v) is 2.83. The molecule has 2 N–H and O–H groups in total. The van der Waals surface area contributed by atoms with Crippen molar-refractivity contribution < 1.29 is 14.3 Å². The van der Waals surface area contributed by atoms with Gasteiger partial charge in [-0.25, -0.2) is 4.79 Å². The Morgan fingerprint density at radius 2 is 1.55 bits per heavy atom. The molecule has 2 aromatic rings. The van der Waals surface area contributed by atoms with Crippen LogP contribution in [0.3, 0.4) is 0 Å². The number of anilines is 2. The summed E-state index contributed by atoms with van der Waals surface area (Å²) in [5, 5.41) is 5.48. The first kappa shape index (κ1) is 15.6. The Labute approximate surface area is 129 Å². The van der Waals surface area contributed by atoms with Crippen LogP contribution in [0.15, 0.2) is 42.5 Å². The quantitative estimate of drug-likeness (QED) is 0.667. The third-order valence-electron chi connectivity index (χ3n) is 2.83. The minimum Gasteiger partial charge on any atom is -0.427 e. The van der Waals surface area contributed by atoms with Crippen LogP contribution in [0.1, 0.15) is 18.1 Å². The van der Waals surface area contributed by atoms with Crippen LogP contribution in [0.4, 0.5) is 16.2 Å². The molecule has 0 heterocycles. The highest BCUT2D eigenvalue weighted by Gasteiger charge is 2.05. The smallest absolute Gasteiger partial charge is 0.323 e. The van der Waals surface area contributed by atoms with Gasteiger partial charge < -0.3 is 15.4 Å². The second kappa shape index (κ2) is 6.76. The maximum absolute atomic E-state index is 12.0. The summed E-state index contributed by atoms with van der Waals surface area (Å²) in [4.78, 5) is 22.9. The van der Waals surface area contributed by atoms with Gasteiger partial charge in [0.25, 0.3) is 0 Å². The standard InChI is InChI=1S/C17H18N2O3/c1-11-7-12(2)9-15(8-11)19-17(21)18-14-5-4-6-16(10-14)22-13(3)20/h4-10H,1-3H3,(H2,18,19,21). The number of benzene rings is 2.